The quantitative estimate of drug-likeness (QED) is 0.619. The van der Waals surface area contributed by atoms with Crippen molar-refractivity contribution in [3.63, 3.8) is 0 Å². The third-order valence-electron chi connectivity index (χ3n) is 3.52. The van der Waals surface area contributed by atoms with E-state index in [0.29, 0.717) is 11.8 Å². The van der Waals surface area contributed by atoms with E-state index in [-0.39, 0.29) is 0 Å². The van der Waals surface area contributed by atoms with Crippen LogP contribution in [0.1, 0.15) is 50.7 Å². The van der Waals surface area contributed by atoms with Crippen LogP contribution in [0.15, 0.2) is 42.5 Å². The van der Waals surface area contributed by atoms with Crippen molar-refractivity contribution in [2.24, 2.45) is 0 Å². The molecule has 0 N–H and O–H groups in total. The highest BCUT2D eigenvalue weighted by atomic mass is 35.5. The predicted molar refractivity (Wildman–Crippen MR) is 85.1 cm³/mol. The molecule has 0 aliphatic rings. The molecule has 0 fully saturated rings. The molecule has 100 valence electrons. The smallest absolute Gasteiger partial charge is 0.0484 e. The fraction of sp³-hybridized carbons (Fsp3) is 0.333. The predicted octanol–water partition coefficient (Wildman–Crippen LogP) is 6.25. The molecule has 19 heavy (non-hydrogen) atoms. The zero-order chi connectivity index (χ0) is 14.0. The number of benzene rings is 2. The Balaban J connectivity index is 2.76. The van der Waals surface area contributed by atoms with E-state index in [1.54, 1.807) is 0 Å². The molecule has 0 aliphatic heterocycles. The summed E-state index contributed by atoms with van der Waals surface area (Å²) in [6.07, 6.45) is 0. The number of hydrogen-bond acceptors (Lipinski definition) is 0. The minimum Gasteiger partial charge on any atom is -0.0837 e. The fourth-order valence-corrected chi connectivity index (χ4v) is 2.76. The molecule has 0 aromatic heterocycles. The van der Waals surface area contributed by atoms with Crippen molar-refractivity contribution in [3.8, 4) is 11.1 Å². The number of halogens is 1. The summed E-state index contributed by atoms with van der Waals surface area (Å²) in [7, 11) is 0. The zero-order valence-electron chi connectivity index (χ0n) is 12.1. The minimum absolute atomic E-state index is 0.491. The summed E-state index contributed by atoms with van der Waals surface area (Å²) in [6, 6.07) is 14.7. The Morgan fingerprint density at radius 3 is 1.74 bits per heavy atom. The van der Waals surface area contributed by atoms with E-state index in [4.69, 9.17) is 11.6 Å². The van der Waals surface area contributed by atoms with E-state index in [1.165, 1.54) is 16.7 Å². The molecular weight excluding hydrogens is 252 g/mol. The molecule has 2 rings (SSSR count). The molecular formula is C18H21Cl. The van der Waals surface area contributed by atoms with Gasteiger partial charge in [-0.15, -0.1) is 0 Å². The lowest BCUT2D eigenvalue weighted by Gasteiger charge is -2.20. The van der Waals surface area contributed by atoms with E-state index >= 15 is 0 Å². The van der Waals surface area contributed by atoms with E-state index in [0.717, 1.165) is 10.6 Å². The Morgan fingerprint density at radius 2 is 1.26 bits per heavy atom. The van der Waals surface area contributed by atoms with Gasteiger partial charge in [-0.1, -0.05) is 75.7 Å². The molecule has 0 atom stereocenters. The van der Waals surface area contributed by atoms with Crippen molar-refractivity contribution in [1.29, 1.82) is 0 Å². The molecule has 2 aromatic rings. The van der Waals surface area contributed by atoms with Gasteiger partial charge in [-0.2, -0.15) is 0 Å². The van der Waals surface area contributed by atoms with Gasteiger partial charge in [-0.05, 0) is 34.6 Å². The van der Waals surface area contributed by atoms with Crippen molar-refractivity contribution in [3.05, 3.63) is 58.6 Å². The van der Waals surface area contributed by atoms with Crippen molar-refractivity contribution in [2.45, 2.75) is 39.5 Å². The Hall–Kier alpha value is -1.27. The van der Waals surface area contributed by atoms with Crippen molar-refractivity contribution in [1.82, 2.24) is 0 Å². The molecule has 0 amide bonds. The first-order valence-electron chi connectivity index (χ1n) is 6.90. The van der Waals surface area contributed by atoms with E-state index < -0.39 is 0 Å². The van der Waals surface area contributed by atoms with Gasteiger partial charge in [0.25, 0.3) is 0 Å². The van der Waals surface area contributed by atoms with Crippen LogP contribution >= 0.6 is 11.6 Å². The van der Waals surface area contributed by atoms with Gasteiger partial charge in [-0.25, -0.2) is 0 Å². The maximum atomic E-state index is 6.41. The van der Waals surface area contributed by atoms with Crippen LogP contribution < -0.4 is 0 Å². The van der Waals surface area contributed by atoms with Crippen LogP contribution in [0.5, 0.6) is 0 Å². The Labute approximate surface area is 121 Å². The van der Waals surface area contributed by atoms with Crippen LogP contribution in [0.25, 0.3) is 11.1 Å². The highest BCUT2D eigenvalue weighted by molar-refractivity contribution is 6.33. The maximum Gasteiger partial charge on any atom is 0.0484 e. The van der Waals surface area contributed by atoms with E-state index in [1.807, 2.05) is 12.1 Å². The topological polar surface area (TPSA) is 0 Å². The Morgan fingerprint density at radius 1 is 0.737 bits per heavy atom. The third kappa shape index (κ3) is 2.84. The summed E-state index contributed by atoms with van der Waals surface area (Å²) >= 11 is 6.41. The monoisotopic (exact) mass is 272 g/mol. The standard InChI is InChI=1S/C18H21Cl/c1-12(2)14-9-7-10-15(13(3)4)18(14)16-8-5-6-11-17(16)19/h5-13H,1-4H3. The lowest BCUT2D eigenvalue weighted by molar-refractivity contribution is 0.838. The van der Waals surface area contributed by atoms with Gasteiger partial charge in [0, 0.05) is 10.6 Å². The largest absolute Gasteiger partial charge is 0.0837 e. The molecule has 0 saturated heterocycles. The lowest BCUT2D eigenvalue weighted by Crippen LogP contribution is -2.00. The summed E-state index contributed by atoms with van der Waals surface area (Å²) in [5, 5.41) is 0.831. The van der Waals surface area contributed by atoms with E-state index in [2.05, 4.69) is 58.0 Å². The average molecular weight is 273 g/mol. The van der Waals surface area contributed by atoms with Gasteiger partial charge in [0.05, 0.1) is 0 Å². The highest BCUT2D eigenvalue weighted by Gasteiger charge is 2.16. The summed E-state index contributed by atoms with van der Waals surface area (Å²) in [4.78, 5) is 0. The second-order valence-corrected chi connectivity index (χ2v) is 6.01. The van der Waals surface area contributed by atoms with Crippen LogP contribution in [0, 0.1) is 0 Å². The van der Waals surface area contributed by atoms with Crippen molar-refractivity contribution >= 4 is 11.6 Å². The first-order valence-corrected chi connectivity index (χ1v) is 7.28. The molecule has 2 aromatic carbocycles. The van der Waals surface area contributed by atoms with Gasteiger partial charge in [-0.3, -0.25) is 0 Å². The lowest BCUT2D eigenvalue weighted by atomic mass is 9.85. The van der Waals surface area contributed by atoms with Gasteiger partial charge >= 0.3 is 0 Å². The van der Waals surface area contributed by atoms with Crippen LogP contribution in [-0.2, 0) is 0 Å². The van der Waals surface area contributed by atoms with Gasteiger partial charge < -0.3 is 0 Å². The third-order valence-corrected chi connectivity index (χ3v) is 3.85. The molecule has 0 unspecified atom stereocenters. The maximum absolute atomic E-state index is 6.41. The summed E-state index contributed by atoms with van der Waals surface area (Å²) in [6.45, 7) is 8.94. The molecule has 0 heterocycles. The first-order chi connectivity index (χ1) is 9.02. The minimum atomic E-state index is 0.491. The Bertz CT molecular complexity index is 541. The molecule has 0 spiro atoms. The normalized spacial score (nSPS) is 11.3. The highest BCUT2D eigenvalue weighted by Crippen LogP contribution is 2.39. The molecule has 0 nitrogen and oxygen atoms in total. The van der Waals surface area contributed by atoms with Crippen LogP contribution in [0.4, 0.5) is 0 Å². The van der Waals surface area contributed by atoms with Crippen molar-refractivity contribution in [2.75, 3.05) is 0 Å². The first kappa shape index (κ1) is 14.1. The van der Waals surface area contributed by atoms with Crippen LogP contribution in [-0.4, -0.2) is 0 Å². The Kier molecular flexibility index (Phi) is 4.31. The van der Waals surface area contributed by atoms with Crippen LogP contribution in [0.3, 0.4) is 0 Å². The van der Waals surface area contributed by atoms with E-state index in [9.17, 15) is 0 Å². The molecule has 0 saturated carbocycles. The number of rotatable bonds is 3. The molecule has 0 aliphatic carbocycles. The second kappa shape index (κ2) is 5.79. The van der Waals surface area contributed by atoms with Crippen LogP contribution in [0.2, 0.25) is 5.02 Å². The molecule has 0 radical (unpaired) electrons. The SMILES string of the molecule is CC(C)c1cccc(C(C)C)c1-c1ccccc1Cl. The number of hydrogen-bond donors (Lipinski definition) is 0. The summed E-state index contributed by atoms with van der Waals surface area (Å²) in [5.74, 6) is 0.981. The fourth-order valence-electron chi connectivity index (χ4n) is 2.53. The summed E-state index contributed by atoms with van der Waals surface area (Å²) in [5.41, 5.74) is 5.22. The zero-order valence-corrected chi connectivity index (χ0v) is 12.8. The second-order valence-electron chi connectivity index (χ2n) is 5.60. The van der Waals surface area contributed by atoms with Gasteiger partial charge in [0.2, 0.25) is 0 Å². The average Bonchev–Trinajstić information content (AvgIpc) is 2.38. The van der Waals surface area contributed by atoms with Crippen molar-refractivity contribution < 1.29 is 0 Å². The van der Waals surface area contributed by atoms with Gasteiger partial charge in [0.1, 0.15) is 0 Å². The molecule has 0 bridgehead atoms. The molecule has 1 heteroatoms. The summed E-state index contributed by atoms with van der Waals surface area (Å²) < 4.78 is 0. The van der Waals surface area contributed by atoms with Gasteiger partial charge in [0.15, 0.2) is 0 Å².